The Morgan fingerprint density at radius 2 is 2.00 bits per heavy atom. The van der Waals surface area contributed by atoms with Crippen molar-refractivity contribution in [1.29, 1.82) is 0 Å². The third-order valence-electron chi connectivity index (χ3n) is 1.91. The van der Waals surface area contributed by atoms with Crippen LogP contribution in [0.25, 0.3) is 0 Å². The standard InChI is InChI=1S/C7H15N2/c8-5-6-9-7-3-1-2-4-7/h7-9H,1-6H2. The Bertz CT molecular complexity index is 67.3. The first-order valence-electron chi connectivity index (χ1n) is 3.81. The maximum atomic E-state index is 6.90. The zero-order chi connectivity index (χ0) is 6.53. The van der Waals surface area contributed by atoms with E-state index in [1.54, 1.807) is 0 Å². The van der Waals surface area contributed by atoms with Gasteiger partial charge in [-0.15, -0.1) is 0 Å². The molecule has 0 atom stereocenters. The van der Waals surface area contributed by atoms with E-state index in [1.807, 2.05) is 0 Å². The molecular weight excluding hydrogens is 112 g/mol. The van der Waals surface area contributed by atoms with Gasteiger partial charge in [0, 0.05) is 19.1 Å². The second kappa shape index (κ2) is 3.85. The molecule has 0 heterocycles. The molecule has 1 fully saturated rings. The maximum Gasteiger partial charge on any atom is 0.0225 e. The van der Waals surface area contributed by atoms with Gasteiger partial charge < -0.3 is 5.32 Å². The second-order valence-electron chi connectivity index (χ2n) is 2.69. The minimum absolute atomic E-state index is 0.524. The zero-order valence-corrected chi connectivity index (χ0v) is 5.82. The predicted octanol–water partition coefficient (Wildman–Crippen LogP) is 0.801. The fraction of sp³-hybridized carbons (Fsp3) is 1.00. The molecular formula is C7H15N2. The van der Waals surface area contributed by atoms with Crippen LogP contribution in [0.2, 0.25) is 0 Å². The van der Waals surface area contributed by atoms with Gasteiger partial charge in [-0.2, -0.15) is 0 Å². The Labute approximate surface area is 56.8 Å². The highest BCUT2D eigenvalue weighted by Gasteiger charge is 2.12. The van der Waals surface area contributed by atoms with Gasteiger partial charge in [-0.1, -0.05) is 12.8 Å². The largest absolute Gasteiger partial charge is 0.313 e. The minimum Gasteiger partial charge on any atom is -0.313 e. The monoisotopic (exact) mass is 127 g/mol. The molecule has 0 amide bonds. The van der Waals surface area contributed by atoms with Gasteiger partial charge in [0.25, 0.3) is 0 Å². The van der Waals surface area contributed by atoms with Crippen LogP contribution in [-0.2, 0) is 0 Å². The Hall–Kier alpha value is -0.0800. The van der Waals surface area contributed by atoms with Crippen molar-refractivity contribution >= 4 is 0 Å². The summed E-state index contributed by atoms with van der Waals surface area (Å²) in [5.41, 5.74) is 6.90. The van der Waals surface area contributed by atoms with Gasteiger partial charge in [0.15, 0.2) is 0 Å². The van der Waals surface area contributed by atoms with Crippen molar-refractivity contribution in [2.75, 3.05) is 13.1 Å². The molecule has 1 radical (unpaired) electrons. The van der Waals surface area contributed by atoms with E-state index in [1.165, 1.54) is 25.7 Å². The van der Waals surface area contributed by atoms with Gasteiger partial charge in [0.2, 0.25) is 0 Å². The summed E-state index contributed by atoms with van der Waals surface area (Å²) in [5, 5.41) is 3.34. The summed E-state index contributed by atoms with van der Waals surface area (Å²) < 4.78 is 0. The first kappa shape index (κ1) is 7.03. The topological polar surface area (TPSA) is 35.8 Å². The van der Waals surface area contributed by atoms with Crippen molar-refractivity contribution in [2.45, 2.75) is 31.7 Å². The van der Waals surface area contributed by atoms with Crippen LogP contribution >= 0.6 is 0 Å². The smallest absolute Gasteiger partial charge is 0.0225 e. The van der Waals surface area contributed by atoms with Crippen LogP contribution in [0.3, 0.4) is 0 Å². The van der Waals surface area contributed by atoms with E-state index < -0.39 is 0 Å². The summed E-state index contributed by atoms with van der Waals surface area (Å²) in [6.07, 6.45) is 5.44. The van der Waals surface area contributed by atoms with Crippen LogP contribution in [0.1, 0.15) is 25.7 Å². The maximum absolute atomic E-state index is 6.90. The van der Waals surface area contributed by atoms with E-state index in [-0.39, 0.29) is 0 Å². The highest BCUT2D eigenvalue weighted by Crippen LogP contribution is 2.16. The van der Waals surface area contributed by atoms with E-state index >= 15 is 0 Å². The Balaban J connectivity index is 1.98. The molecule has 2 heteroatoms. The molecule has 0 aromatic rings. The molecule has 1 rings (SSSR count). The van der Waals surface area contributed by atoms with E-state index in [2.05, 4.69) is 5.32 Å². The summed E-state index contributed by atoms with van der Waals surface area (Å²) >= 11 is 0. The quantitative estimate of drug-likeness (QED) is 0.598. The highest BCUT2D eigenvalue weighted by molar-refractivity contribution is 4.72. The molecule has 0 spiro atoms. The molecule has 0 bridgehead atoms. The summed E-state index contributed by atoms with van der Waals surface area (Å²) in [5.74, 6) is 0. The average Bonchev–Trinajstić information content (AvgIpc) is 2.34. The SMILES string of the molecule is [NH]CCNC1CCCC1. The Morgan fingerprint density at radius 3 is 2.56 bits per heavy atom. The predicted molar refractivity (Wildman–Crippen MR) is 38.2 cm³/mol. The first-order chi connectivity index (χ1) is 4.43. The van der Waals surface area contributed by atoms with Crippen molar-refractivity contribution in [3.05, 3.63) is 0 Å². The molecule has 0 aromatic carbocycles. The lowest BCUT2D eigenvalue weighted by Gasteiger charge is -2.08. The van der Waals surface area contributed by atoms with E-state index in [0.717, 1.165) is 12.6 Å². The molecule has 0 unspecified atom stereocenters. The van der Waals surface area contributed by atoms with Crippen molar-refractivity contribution < 1.29 is 0 Å². The lowest BCUT2D eigenvalue weighted by molar-refractivity contribution is 0.530. The Kier molecular flexibility index (Phi) is 3.01. The molecule has 1 aliphatic carbocycles. The van der Waals surface area contributed by atoms with Crippen LogP contribution in [0, 0.1) is 0 Å². The second-order valence-corrected chi connectivity index (χ2v) is 2.69. The molecule has 53 valence electrons. The first-order valence-corrected chi connectivity index (χ1v) is 3.81. The van der Waals surface area contributed by atoms with Crippen molar-refractivity contribution in [3.8, 4) is 0 Å². The van der Waals surface area contributed by atoms with Gasteiger partial charge in [0.1, 0.15) is 0 Å². The zero-order valence-electron chi connectivity index (χ0n) is 5.82. The highest BCUT2D eigenvalue weighted by atomic mass is 14.9. The van der Waals surface area contributed by atoms with Gasteiger partial charge in [-0.05, 0) is 12.8 Å². The molecule has 0 aromatic heterocycles. The van der Waals surface area contributed by atoms with Crippen LogP contribution in [-0.4, -0.2) is 19.1 Å². The fourth-order valence-electron chi connectivity index (χ4n) is 1.41. The van der Waals surface area contributed by atoms with Gasteiger partial charge >= 0.3 is 0 Å². The van der Waals surface area contributed by atoms with E-state index in [0.29, 0.717) is 6.54 Å². The summed E-state index contributed by atoms with van der Waals surface area (Å²) in [6, 6.07) is 0.746. The van der Waals surface area contributed by atoms with Crippen LogP contribution in [0.5, 0.6) is 0 Å². The van der Waals surface area contributed by atoms with Gasteiger partial charge in [0.05, 0.1) is 0 Å². The summed E-state index contributed by atoms with van der Waals surface area (Å²) in [6.45, 7) is 1.40. The lowest BCUT2D eigenvalue weighted by Crippen LogP contribution is -2.28. The third-order valence-corrected chi connectivity index (χ3v) is 1.91. The fourth-order valence-corrected chi connectivity index (χ4v) is 1.41. The van der Waals surface area contributed by atoms with E-state index in [4.69, 9.17) is 5.73 Å². The summed E-state index contributed by atoms with van der Waals surface area (Å²) in [4.78, 5) is 0. The van der Waals surface area contributed by atoms with Crippen LogP contribution in [0.4, 0.5) is 0 Å². The van der Waals surface area contributed by atoms with Crippen molar-refractivity contribution in [3.63, 3.8) is 0 Å². The molecule has 1 aliphatic rings. The number of hydrogen-bond donors (Lipinski definition) is 1. The molecule has 9 heavy (non-hydrogen) atoms. The number of nitrogens with one attached hydrogen (secondary N) is 2. The van der Waals surface area contributed by atoms with Gasteiger partial charge in [-0.3, -0.25) is 5.73 Å². The number of rotatable bonds is 3. The summed E-state index contributed by atoms with van der Waals surface area (Å²) in [7, 11) is 0. The van der Waals surface area contributed by atoms with Crippen LogP contribution in [0.15, 0.2) is 0 Å². The van der Waals surface area contributed by atoms with Crippen LogP contribution < -0.4 is 11.1 Å². The van der Waals surface area contributed by atoms with Crippen molar-refractivity contribution in [2.24, 2.45) is 0 Å². The lowest BCUT2D eigenvalue weighted by atomic mass is 10.2. The van der Waals surface area contributed by atoms with Crippen molar-refractivity contribution in [1.82, 2.24) is 11.1 Å². The molecule has 0 aliphatic heterocycles. The van der Waals surface area contributed by atoms with Gasteiger partial charge in [-0.25, -0.2) is 0 Å². The molecule has 2 N–H and O–H groups in total. The normalized spacial score (nSPS) is 21.0. The molecule has 0 saturated heterocycles. The average molecular weight is 127 g/mol. The third kappa shape index (κ3) is 2.33. The number of hydrogen-bond acceptors (Lipinski definition) is 1. The van der Waals surface area contributed by atoms with E-state index in [9.17, 15) is 0 Å². The minimum atomic E-state index is 0.524. The molecule has 2 nitrogen and oxygen atoms in total. The molecule has 1 saturated carbocycles. The Morgan fingerprint density at radius 1 is 1.33 bits per heavy atom.